The summed E-state index contributed by atoms with van der Waals surface area (Å²) in [5.41, 5.74) is 8.40. The van der Waals surface area contributed by atoms with Crippen LogP contribution in [0.1, 0.15) is 28.7 Å². The Morgan fingerprint density at radius 1 is 1.16 bits per heavy atom. The van der Waals surface area contributed by atoms with E-state index in [9.17, 15) is 9.18 Å². The van der Waals surface area contributed by atoms with E-state index in [2.05, 4.69) is 15.1 Å². The van der Waals surface area contributed by atoms with Gasteiger partial charge in [-0.1, -0.05) is 18.2 Å². The van der Waals surface area contributed by atoms with Crippen LogP contribution in [0.3, 0.4) is 0 Å². The number of primary amides is 1. The fraction of sp³-hybridized carbons (Fsp3) is 0.304. The first-order chi connectivity index (χ1) is 15.0. The molecule has 0 saturated carbocycles. The van der Waals surface area contributed by atoms with E-state index in [0.29, 0.717) is 11.5 Å². The molecule has 2 atom stereocenters. The number of amides is 1. The molecule has 3 N–H and O–H groups in total. The van der Waals surface area contributed by atoms with E-state index in [4.69, 9.17) is 15.2 Å². The van der Waals surface area contributed by atoms with E-state index >= 15 is 0 Å². The quantitative estimate of drug-likeness (QED) is 0.580. The van der Waals surface area contributed by atoms with Crippen molar-refractivity contribution in [2.75, 3.05) is 26.8 Å². The third kappa shape index (κ3) is 4.86. The number of nitrogens with zero attached hydrogens (tertiary/aromatic N) is 2. The molecule has 7 nitrogen and oxygen atoms in total. The lowest BCUT2D eigenvalue weighted by Gasteiger charge is -2.18. The standard InChI is InChI=1S/C23H25FN4O3/c1-30-22-10-15(2-7-21(22)31-14-23(25)29)11-28-12-18(16-3-5-17(24)6-4-16)19(13-28)20-8-9-26-27-20/h2-10,18-19H,11-14H2,1H3,(H2,25,29)(H,26,27)/t18-,19+/m0/s1. The fourth-order valence-electron chi connectivity index (χ4n) is 4.19. The first-order valence-electron chi connectivity index (χ1n) is 10.1. The minimum atomic E-state index is -0.542. The third-order valence-electron chi connectivity index (χ3n) is 5.62. The first kappa shape index (κ1) is 20.9. The molecule has 1 aromatic heterocycles. The van der Waals surface area contributed by atoms with Crippen molar-refractivity contribution >= 4 is 5.91 Å². The van der Waals surface area contributed by atoms with Crippen molar-refractivity contribution in [1.82, 2.24) is 15.1 Å². The van der Waals surface area contributed by atoms with Gasteiger partial charge >= 0.3 is 0 Å². The summed E-state index contributed by atoms with van der Waals surface area (Å²) in [6.07, 6.45) is 1.76. The molecule has 0 radical (unpaired) electrons. The van der Waals surface area contributed by atoms with Crippen molar-refractivity contribution < 1.29 is 18.7 Å². The summed E-state index contributed by atoms with van der Waals surface area (Å²) in [5.74, 6) is 0.709. The van der Waals surface area contributed by atoms with E-state index in [-0.39, 0.29) is 24.3 Å². The molecule has 0 aliphatic carbocycles. The predicted octanol–water partition coefficient (Wildman–Crippen LogP) is 2.80. The number of nitrogens with one attached hydrogen (secondary N) is 1. The van der Waals surface area contributed by atoms with Crippen LogP contribution in [0.5, 0.6) is 11.5 Å². The number of rotatable bonds is 8. The van der Waals surface area contributed by atoms with Gasteiger partial charge in [-0.15, -0.1) is 0 Å². The summed E-state index contributed by atoms with van der Waals surface area (Å²) in [7, 11) is 1.56. The van der Waals surface area contributed by atoms with E-state index in [1.165, 1.54) is 12.1 Å². The van der Waals surface area contributed by atoms with Crippen LogP contribution >= 0.6 is 0 Å². The zero-order chi connectivity index (χ0) is 21.8. The molecule has 1 amide bonds. The number of aromatic amines is 1. The minimum absolute atomic E-state index is 0.201. The van der Waals surface area contributed by atoms with Crippen LogP contribution in [0.15, 0.2) is 54.7 Å². The summed E-state index contributed by atoms with van der Waals surface area (Å²) in [6, 6.07) is 14.4. The number of methoxy groups -OCH3 is 1. The van der Waals surface area contributed by atoms with Crippen molar-refractivity contribution in [3.63, 3.8) is 0 Å². The number of aromatic nitrogens is 2. The number of benzene rings is 2. The van der Waals surface area contributed by atoms with Gasteiger partial charge in [-0.2, -0.15) is 5.10 Å². The normalized spacial score (nSPS) is 18.8. The second kappa shape index (κ2) is 9.18. The topological polar surface area (TPSA) is 93.5 Å². The van der Waals surface area contributed by atoms with Crippen molar-refractivity contribution in [3.05, 3.63) is 77.4 Å². The Kier molecular flexibility index (Phi) is 6.18. The summed E-state index contributed by atoms with van der Waals surface area (Å²) in [4.78, 5) is 13.3. The van der Waals surface area contributed by atoms with Crippen LogP contribution < -0.4 is 15.2 Å². The molecule has 0 bridgehead atoms. The lowest BCUT2D eigenvalue weighted by Crippen LogP contribution is -2.21. The van der Waals surface area contributed by atoms with Gasteiger partial charge in [0, 0.05) is 43.4 Å². The van der Waals surface area contributed by atoms with E-state index in [1.54, 1.807) is 19.4 Å². The smallest absolute Gasteiger partial charge is 0.255 e. The minimum Gasteiger partial charge on any atom is -0.493 e. The van der Waals surface area contributed by atoms with Gasteiger partial charge < -0.3 is 15.2 Å². The molecule has 1 aliphatic heterocycles. The SMILES string of the molecule is COc1cc(CN2C[C@@H](c3ccc(F)cc3)[C@H](c3ccn[nH]3)C2)ccc1OCC(N)=O. The molecule has 3 aromatic rings. The van der Waals surface area contributed by atoms with Gasteiger partial charge in [-0.3, -0.25) is 14.8 Å². The van der Waals surface area contributed by atoms with Gasteiger partial charge in [-0.25, -0.2) is 4.39 Å². The Balaban J connectivity index is 1.52. The lowest BCUT2D eigenvalue weighted by atomic mass is 9.87. The molecule has 1 fully saturated rings. The third-order valence-corrected chi connectivity index (χ3v) is 5.62. The van der Waals surface area contributed by atoms with Crippen LogP contribution in [-0.2, 0) is 11.3 Å². The summed E-state index contributed by atoms with van der Waals surface area (Å²) in [5, 5.41) is 7.21. The van der Waals surface area contributed by atoms with Gasteiger partial charge in [0.25, 0.3) is 5.91 Å². The predicted molar refractivity (Wildman–Crippen MR) is 113 cm³/mol. The summed E-state index contributed by atoms with van der Waals surface area (Å²) in [6.45, 7) is 2.19. The van der Waals surface area contributed by atoms with Crippen LogP contribution in [0, 0.1) is 5.82 Å². The van der Waals surface area contributed by atoms with Crippen LogP contribution in [-0.4, -0.2) is 47.8 Å². The number of hydrogen-bond acceptors (Lipinski definition) is 5. The van der Waals surface area contributed by atoms with Gasteiger partial charge in [0.2, 0.25) is 0 Å². The van der Waals surface area contributed by atoms with E-state index < -0.39 is 5.91 Å². The van der Waals surface area contributed by atoms with Crippen molar-refractivity contribution in [2.45, 2.75) is 18.4 Å². The number of halogens is 1. The highest BCUT2D eigenvalue weighted by atomic mass is 19.1. The number of likely N-dealkylation sites (tertiary alicyclic amines) is 1. The second-order valence-electron chi connectivity index (χ2n) is 7.71. The van der Waals surface area contributed by atoms with Gasteiger partial charge in [-0.05, 0) is 41.5 Å². The number of nitrogens with two attached hydrogens (primary N) is 1. The molecule has 0 unspecified atom stereocenters. The van der Waals surface area contributed by atoms with Crippen LogP contribution in [0.4, 0.5) is 4.39 Å². The molecule has 4 rings (SSSR count). The number of hydrogen-bond donors (Lipinski definition) is 2. The Labute approximate surface area is 180 Å². The number of H-pyrrole nitrogens is 1. The van der Waals surface area contributed by atoms with Crippen LogP contribution in [0.2, 0.25) is 0 Å². The van der Waals surface area contributed by atoms with Crippen molar-refractivity contribution in [1.29, 1.82) is 0 Å². The second-order valence-corrected chi connectivity index (χ2v) is 7.71. The highest BCUT2D eigenvalue weighted by Gasteiger charge is 2.35. The molecular weight excluding hydrogens is 399 g/mol. The Hall–Kier alpha value is -3.39. The van der Waals surface area contributed by atoms with E-state index in [1.807, 2.05) is 30.3 Å². The van der Waals surface area contributed by atoms with Gasteiger partial charge in [0.05, 0.1) is 7.11 Å². The molecule has 1 saturated heterocycles. The molecular formula is C23H25FN4O3. The molecule has 8 heteroatoms. The van der Waals surface area contributed by atoms with Crippen molar-refractivity contribution in [2.24, 2.45) is 5.73 Å². The molecule has 162 valence electrons. The Morgan fingerprint density at radius 3 is 2.61 bits per heavy atom. The summed E-state index contributed by atoms with van der Waals surface area (Å²) < 4.78 is 24.3. The van der Waals surface area contributed by atoms with Gasteiger partial charge in [0.1, 0.15) is 5.82 Å². The van der Waals surface area contributed by atoms with Crippen molar-refractivity contribution in [3.8, 4) is 11.5 Å². The maximum absolute atomic E-state index is 13.4. The summed E-state index contributed by atoms with van der Waals surface area (Å²) >= 11 is 0. The average Bonchev–Trinajstić information content (AvgIpc) is 3.43. The molecule has 1 aliphatic rings. The van der Waals surface area contributed by atoms with E-state index in [0.717, 1.165) is 36.5 Å². The highest BCUT2D eigenvalue weighted by Crippen LogP contribution is 2.40. The lowest BCUT2D eigenvalue weighted by molar-refractivity contribution is -0.119. The number of carbonyl (C=O) groups excluding carboxylic acids is 1. The monoisotopic (exact) mass is 424 g/mol. The number of carbonyl (C=O) groups is 1. The first-order valence-corrected chi connectivity index (χ1v) is 10.1. The Bertz CT molecular complexity index is 1020. The maximum atomic E-state index is 13.4. The maximum Gasteiger partial charge on any atom is 0.255 e. The zero-order valence-electron chi connectivity index (χ0n) is 17.3. The van der Waals surface area contributed by atoms with Gasteiger partial charge in [0.15, 0.2) is 18.1 Å². The largest absolute Gasteiger partial charge is 0.493 e. The molecule has 0 spiro atoms. The highest BCUT2D eigenvalue weighted by molar-refractivity contribution is 5.75. The molecule has 31 heavy (non-hydrogen) atoms. The Morgan fingerprint density at radius 2 is 1.94 bits per heavy atom. The van der Waals surface area contributed by atoms with Crippen LogP contribution in [0.25, 0.3) is 0 Å². The average molecular weight is 424 g/mol. The fourth-order valence-corrected chi connectivity index (χ4v) is 4.19. The zero-order valence-corrected chi connectivity index (χ0v) is 17.3. The molecule has 2 heterocycles. The molecule has 2 aromatic carbocycles. The number of ether oxygens (including phenoxy) is 2.